The van der Waals surface area contributed by atoms with Gasteiger partial charge in [0.05, 0.1) is 19.8 Å². The maximum atomic E-state index is 5.61. The van der Waals surface area contributed by atoms with Crippen LogP contribution < -0.4 is 24.8 Å². The lowest BCUT2D eigenvalue weighted by Gasteiger charge is -2.15. The topological polar surface area (TPSA) is 77.0 Å². The molecule has 0 unspecified atom stereocenters. The Morgan fingerprint density at radius 1 is 1.18 bits per heavy atom. The Balaban J connectivity index is 0.00000392. The first-order valence-electron chi connectivity index (χ1n) is 8.95. The van der Waals surface area contributed by atoms with Crippen LogP contribution in [0.2, 0.25) is 0 Å². The predicted octanol–water partition coefficient (Wildman–Crippen LogP) is 4.08. The molecule has 28 heavy (non-hydrogen) atoms. The van der Waals surface area contributed by atoms with E-state index in [1.807, 2.05) is 51.1 Å². The van der Waals surface area contributed by atoms with E-state index in [1.165, 1.54) is 0 Å². The molecule has 8 heteroatoms. The second kappa shape index (κ2) is 12.3. The minimum Gasteiger partial charge on any atom is -0.493 e. The van der Waals surface area contributed by atoms with Gasteiger partial charge in [-0.1, -0.05) is 6.07 Å². The molecule has 0 amide bonds. The summed E-state index contributed by atoms with van der Waals surface area (Å²) in [6, 6.07) is 9.50. The molecule has 0 saturated heterocycles. The van der Waals surface area contributed by atoms with Crippen molar-refractivity contribution < 1.29 is 14.2 Å². The van der Waals surface area contributed by atoms with Crippen LogP contribution in [0, 0.1) is 0 Å². The molecule has 1 aromatic heterocycles. The van der Waals surface area contributed by atoms with Crippen molar-refractivity contribution in [3.8, 4) is 17.4 Å². The Bertz CT molecular complexity index is 752. The molecule has 0 saturated carbocycles. The van der Waals surface area contributed by atoms with Gasteiger partial charge >= 0.3 is 0 Å². The van der Waals surface area contributed by atoms with Crippen molar-refractivity contribution in [2.45, 2.75) is 33.4 Å². The van der Waals surface area contributed by atoms with Gasteiger partial charge in [0.2, 0.25) is 5.88 Å². The largest absolute Gasteiger partial charge is 0.493 e. The number of aromatic nitrogens is 1. The van der Waals surface area contributed by atoms with Gasteiger partial charge in [-0.15, -0.1) is 24.0 Å². The van der Waals surface area contributed by atoms with E-state index < -0.39 is 0 Å². The lowest BCUT2D eigenvalue weighted by molar-refractivity contribution is 0.232. The normalized spacial score (nSPS) is 10.9. The monoisotopic (exact) mass is 500 g/mol. The number of rotatable bonds is 8. The first-order chi connectivity index (χ1) is 13.0. The van der Waals surface area contributed by atoms with Crippen molar-refractivity contribution in [3.63, 3.8) is 0 Å². The molecule has 1 aromatic carbocycles. The average Bonchev–Trinajstić information content (AvgIpc) is 2.66. The third kappa shape index (κ3) is 7.41. The summed E-state index contributed by atoms with van der Waals surface area (Å²) in [7, 11) is 3.34. The molecule has 0 spiro atoms. The molecule has 0 fully saturated rings. The molecule has 0 aliphatic carbocycles. The number of nitrogens with zero attached hydrogens (tertiary/aromatic N) is 2. The highest BCUT2D eigenvalue weighted by Gasteiger charge is 2.07. The van der Waals surface area contributed by atoms with Crippen LogP contribution in [-0.2, 0) is 6.54 Å². The van der Waals surface area contributed by atoms with E-state index in [4.69, 9.17) is 14.2 Å². The fraction of sp³-hybridized carbons (Fsp3) is 0.400. The summed E-state index contributed by atoms with van der Waals surface area (Å²) in [5.74, 6) is 2.65. The van der Waals surface area contributed by atoms with Gasteiger partial charge in [-0.05, 0) is 38.5 Å². The Morgan fingerprint density at radius 2 is 1.96 bits per heavy atom. The lowest BCUT2D eigenvalue weighted by Crippen LogP contribution is -2.30. The highest BCUT2D eigenvalue weighted by Crippen LogP contribution is 2.30. The number of pyridine rings is 1. The Hall–Kier alpha value is -2.23. The smallest absolute Gasteiger partial charge is 0.213 e. The first kappa shape index (κ1) is 23.8. The number of halogens is 1. The van der Waals surface area contributed by atoms with Crippen LogP contribution in [0.4, 0.5) is 5.69 Å². The molecule has 0 aliphatic rings. The zero-order valence-electron chi connectivity index (χ0n) is 17.0. The first-order valence-corrected chi connectivity index (χ1v) is 8.95. The van der Waals surface area contributed by atoms with E-state index in [0.29, 0.717) is 36.5 Å². The van der Waals surface area contributed by atoms with E-state index >= 15 is 0 Å². The van der Waals surface area contributed by atoms with Gasteiger partial charge in [0.1, 0.15) is 0 Å². The number of anilines is 1. The Morgan fingerprint density at radius 3 is 2.54 bits per heavy atom. The number of methoxy groups -OCH3 is 1. The van der Waals surface area contributed by atoms with E-state index in [1.54, 1.807) is 20.4 Å². The molecule has 154 valence electrons. The van der Waals surface area contributed by atoms with Gasteiger partial charge in [0.25, 0.3) is 0 Å². The minimum atomic E-state index is 0. The van der Waals surface area contributed by atoms with E-state index in [9.17, 15) is 0 Å². The van der Waals surface area contributed by atoms with E-state index in [2.05, 4.69) is 20.6 Å². The van der Waals surface area contributed by atoms with Crippen molar-refractivity contribution >= 4 is 35.6 Å². The van der Waals surface area contributed by atoms with Crippen LogP contribution in [0.1, 0.15) is 26.3 Å². The number of ether oxygens (including phenoxy) is 3. The van der Waals surface area contributed by atoms with Crippen LogP contribution >= 0.6 is 24.0 Å². The second-order valence-electron chi connectivity index (χ2n) is 6.02. The van der Waals surface area contributed by atoms with E-state index in [-0.39, 0.29) is 30.1 Å². The van der Waals surface area contributed by atoms with Gasteiger partial charge in [0, 0.05) is 37.6 Å². The Labute approximate surface area is 183 Å². The summed E-state index contributed by atoms with van der Waals surface area (Å²) in [5, 5.41) is 6.51. The van der Waals surface area contributed by atoms with Gasteiger partial charge in [0.15, 0.2) is 17.5 Å². The number of benzene rings is 1. The molecular formula is C20H29IN4O3. The van der Waals surface area contributed by atoms with Crippen LogP contribution in [0.3, 0.4) is 0 Å². The average molecular weight is 500 g/mol. The standard InChI is InChI=1S/C20H28N4O3.HI/c1-6-26-18-11-16(8-9-17(18)25-5)24-20(21-4)23-13-15-7-10-19(22-12-15)27-14(2)3;/h7-12,14H,6,13H2,1-5H3,(H2,21,23,24);1H. The number of aliphatic imine (C=N–C) groups is 1. The van der Waals surface area contributed by atoms with Crippen LogP contribution in [0.25, 0.3) is 0 Å². The van der Waals surface area contributed by atoms with Gasteiger partial charge < -0.3 is 24.8 Å². The lowest BCUT2D eigenvalue weighted by atomic mass is 10.2. The Kier molecular flexibility index (Phi) is 10.4. The van der Waals surface area contributed by atoms with Crippen molar-refractivity contribution in [3.05, 3.63) is 42.1 Å². The van der Waals surface area contributed by atoms with Gasteiger partial charge in [-0.3, -0.25) is 4.99 Å². The molecular weight excluding hydrogens is 471 g/mol. The molecule has 2 rings (SSSR count). The maximum absolute atomic E-state index is 5.61. The van der Waals surface area contributed by atoms with Crippen LogP contribution in [0.15, 0.2) is 41.5 Å². The highest BCUT2D eigenvalue weighted by atomic mass is 127. The van der Waals surface area contributed by atoms with Gasteiger partial charge in [-0.2, -0.15) is 0 Å². The molecule has 0 radical (unpaired) electrons. The fourth-order valence-corrected chi connectivity index (χ4v) is 2.35. The molecule has 2 aromatic rings. The SMILES string of the molecule is CCOc1cc(NC(=NC)NCc2ccc(OC(C)C)nc2)ccc1OC.I. The van der Waals surface area contributed by atoms with E-state index in [0.717, 1.165) is 11.3 Å². The summed E-state index contributed by atoms with van der Waals surface area (Å²) >= 11 is 0. The van der Waals surface area contributed by atoms with Crippen LogP contribution in [-0.4, -0.2) is 37.8 Å². The molecule has 0 aliphatic heterocycles. The summed E-state index contributed by atoms with van der Waals surface area (Å²) in [6.07, 6.45) is 1.90. The molecule has 0 bridgehead atoms. The predicted molar refractivity (Wildman–Crippen MR) is 123 cm³/mol. The third-order valence-corrected chi connectivity index (χ3v) is 3.56. The van der Waals surface area contributed by atoms with Gasteiger partial charge in [-0.25, -0.2) is 4.98 Å². The molecule has 1 heterocycles. The van der Waals surface area contributed by atoms with Crippen molar-refractivity contribution in [2.75, 3.05) is 26.1 Å². The molecule has 7 nitrogen and oxygen atoms in total. The highest BCUT2D eigenvalue weighted by molar-refractivity contribution is 14.0. The fourth-order valence-electron chi connectivity index (χ4n) is 2.35. The molecule has 0 atom stereocenters. The second-order valence-corrected chi connectivity index (χ2v) is 6.02. The summed E-state index contributed by atoms with van der Waals surface area (Å²) < 4.78 is 16.5. The summed E-state index contributed by atoms with van der Waals surface area (Å²) in [5.41, 5.74) is 1.88. The van der Waals surface area contributed by atoms with Crippen molar-refractivity contribution in [1.29, 1.82) is 0 Å². The quantitative estimate of drug-likeness (QED) is 0.323. The van der Waals surface area contributed by atoms with Crippen molar-refractivity contribution in [2.24, 2.45) is 4.99 Å². The number of hydrogen-bond donors (Lipinski definition) is 2. The number of guanidine groups is 1. The zero-order valence-corrected chi connectivity index (χ0v) is 19.3. The summed E-state index contributed by atoms with van der Waals surface area (Å²) in [6.45, 7) is 7.04. The number of hydrogen-bond acceptors (Lipinski definition) is 5. The zero-order chi connectivity index (χ0) is 19.6. The molecule has 2 N–H and O–H groups in total. The van der Waals surface area contributed by atoms with Crippen molar-refractivity contribution in [1.82, 2.24) is 10.3 Å². The number of nitrogens with one attached hydrogen (secondary N) is 2. The minimum absolute atomic E-state index is 0. The van der Waals surface area contributed by atoms with Crippen LogP contribution in [0.5, 0.6) is 17.4 Å². The third-order valence-electron chi connectivity index (χ3n) is 3.56. The summed E-state index contributed by atoms with van der Waals surface area (Å²) in [4.78, 5) is 8.56. The maximum Gasteiger partial charge on any atom is 0.213 e.